The molecule has 152 valence electrons. The minimum atomic E-state index is -0.164. The Labute approximate surface area is 175 Å². The van der Waals surface area contributed by atoms with Gasteiger partial charge in [0.2, 0.25) is 0 Å². The van der Waals surface area contributed by atoms with Crippen LogP contribution in [0.2, 0.25) is 0 Å². The Kier molecular flexibility index (Phi) is 6.93. The Morgan fingerprint density at radius 1 is 1.21 bits per heavy atom. The number of aryl methyl sites for hydroxylation is 1. The average Bonchev–Trinajstić information content (AvgIpc) is 3.14. The van der Waals surface area contributed by atoms with E-state index in [4.69, 9.17) is 4.74 Å². The molecule has 0 spiro atoms. The molecule has 1 amide bonds. The number of hydrogen-bond acceptors (Lipinski definition) is 5. The quantitative estimate of drug-likeness (QED) is 0.557. The van der Waals surface area contributed by atoms with Crippen molar-refractivity contribution in [2.75, 3.05) is 7.11 Å². The zero-order chi connectivity index (χ0) is 20.8. The van der Waals surface area contributed by atoms with Crippen LogP contribution in [0.25, 0.3) is 5.69 Å². The van der Waals surface area contributed by atoms with Crippen LogP contribution in [0.15, 0.2) is 53.7 Å². The van der Waals surface area contributed by atoms with Gasteiger partial charge in [0.1, 0.15) is 5.75 Å². The van der Waals surface area contributed by atoms with Crippen LogP contribution in [0, 0.1) is 6.92 Å². The zero-order valence-electron chi connectivity index (χ0n) is 17.2. The molecular formula is C22H26N4O2S. The normalized spacial score (nSPS) is 11.9. The number of rotatable bonds is 8. The molecular weight excluding hydrogens is 384 g/mol. The van der Waals surface area contributed by atoms with Crippen molar-refractivity contribution in [1.82, 2.24) is 20.1 Å². The number of benzene rings is 2. The number of ether oxygens (including phenoxy) is 1. The van der Waals surface area contributed by atoms with E-state index >= 15 is 0 Å². The van der Waals surface area contributed by atoms with E-state index in [0.29, 0.717) is 22.4 Å². The van der Waals surface area contributed by atoms with E-state index in [-0.39, 0.29) is 12.5 Å². The van der Waals surface area contributed by atoms with Crippen molar-refractivity contribution in [1.29, 1.82) is 0 Å². The van der Waals surface area contributed by atoms with Crippen LogP contribution in [0.3, 0.4) is 0 Å². The minimum absolute atomic E-state index is 0.164. The Hall–Kier alpha value is -2.80. The van der Waals surface area contributed by atoms with E-state index in [9.17, 15) is 4.79 Å². The van der Waals surface area contributed by atoms with Crippen molar-refractivity contribution in [3.63, 3.8) is 0 Å². The van der Waals surface area contributed by atoms with Gasteiger partial charge in [-0.3, -0.25) is 9.36 Å². The summed E-state index contributed by atoms with van der Waals surface area (Å²) in [5.41, 5.74) is 2.72. The molecule has 1 heterocycles. The maximum Gasteiger partial charge on any atom is 0.251 e. The first-order chi connectivity index (χ1) is 14.0. The summed E-state index contributed by atoms with van der Waals surface area (Å²) < 4.78 is 7.17. The Morgan fingerprint density at radius 3 is 2.62 bits per heavy atom. The van der Waals surface area contributed by atoms with Crippen LogP contribution in [-0.2, 0) is 6.54 Å². The number of carbonyl (C=O) groups is 1. The van der Waals surface area contributed by atoms with E-state index in [1.54, 1.807) is 43.1 Å². The lowest BCUT2D eigenvalue weighted by Crippen LogP contribution is -2.24. The van der Waals surface area contributed by atoms with Gasteiger partial charge in [0.05, 0.1) is 13.7 Å². The molecule has 0 saturated carbocycles. The highest BCUT2D eigenvalue weighted by Gasteiger charge is 2.17. The van der Waals surface area contributed by atoms with Crippen LogP contribution in [0.5, 0.6) is 5.75 Å². The smallest absolute Gasteiger partial charge is 0.251 e. The Morgan fingerprint density at radius 2 is 1.97 bits per heavy atom. The van der Waals surface area contributed by atoms with Crippen LogP contribution in [0.4, 0.5) is 0 Å². The van der Waals surface area contributed by atoms with Gasteiger partial charge in [-0.15, -0.1) is 10.2 Å². The summed E-state index contributed by atoms with van der Waals surface area (Å²) in [4.78, 5) is 12.5. The van der Waals surface area contributed by atoms with E-state index in [2.05, 4.69) is 48.4 Å². The third-order valence-electron chi connectivity index (χ3n) is 4.60. The van der Waals surface area contributed by atoms with E-state index < -0.39 is 0 Å². The van der Waals surface area contributed by atoms with Crippen LogP contribution < -0.4 is 10.1 Å². The summed E-state index contributed by atoms with van der Waals surface area (Å²) in [6.45, 7) is 6.67. The van der Waals surface area contributed by atoms with E-state index in [1.807, 2.05) is 16.7 Å². The molecule has 6 nitrogen and oxygen atoms in total. The van der Waals surface area contributed by atoms with Crippen LogP contribution >= 0.6 is 11.8 Å². The molecule has 1 unspecified atom stereocenters. The predicted octanol–water partition coefficient (Wildman–Crippen LogP) is 4.40. The SMILES string of the molecule is CCC(C)Sc1nnc(CNC(=O)c2ccc(OC)cc2)n1-c1cccc(C)c1. The average molecular weight is 411 g/mol. The first-order valence-corrected chi connectivity index (χ1v) is 10.5. The van der Waals surface area contributed by atoms with Crippen molar-refractivity contribution in [2.24, 2.45) is 0 Å². The number of thioether (sulfide) groups is 1. The minimum Gasteiger partial charge on any atom is -0.497 e. The van der Waals surface area contributed by atoms with Crippen molar-refractivity contribution < 1.29 is 9.53 Å². The van der Waals surface area contributed by atoms with Crippen LogP contribution in [0.1, 0.15) is 42.0 Å². The van der Waals surface area contributed by atoms with Gasteiger partial charge in [0, 0.05) is 16.5 Å². The number of carbonyl (C=O) groups excluding carboxylic acids is 1. The van der Waals surface area contributed by atoms with Crippen molar-refractivity contribution in [3.05, 3.63) is 65.5 Å². The lowest BCUT2D eigenvalue weighted by molar-refractivity contribution is 0.0949. The second kappa shape index (κ2) is 9.60. The van der Waals surface area contributed by atoms with Gasteiger partial charge in [-0.1, -0.05) is 37.7 Å². The standard InChI is InChI=1S/C22H26N4O2S/c1-5-16(3)29-22-25-24-20(26(22)18-8-6-7-15(2)13-18)14-23-21(27)17-9-11-19(28-4)12-10-17/h6-13,16H,5,14H2,1-4H3,(H,23,27). The van der Waals surface area contributed by atoms with Crippen molar-refractivity contribution >= 4 is 17.7 Å². The number of nitrogens with zero attached hydrogens (tertiary/aromatic N) is 3. The van der Waals surface area contributed by atoms with Crippen molar-refractivity contribution in [3.8, 4) is 11.4 Å². The molecule has 1 N–H and O–H groups in total. The summed E-state index contributed by atoms with van der Waals surface area (Å²) >= 11 is 1.69. The molecule has 3 rings (SSSR count). The van der Waals surface area contributed by atoms with E-state index in [1.165, 1.54) is 0 Å². The number of nitrogens with one attached hydrogen (secondary N) is 1. The molecule has 1 aromatic heterocycles. The highest BCUT2D eigenvalue weighted by Crippen LogP contribution is 2.27. The number of amides is 1. The number of aromatic nitrogens is 3. The molecule has 3 aromatic rings. The largest absolute Gasteiger partial charge is 0.497 e. The topological polar surface area (TPSA) is 69.0 Å². The molecule has 0 aliphatic carbocycles. The summed E-state index contributed by atoms with van der Waals surface area (Å²) in [6.07, 6.45) is 1.04. The maximum atomic E-state index is 12.5. The fourth-order valence-electron chi connectivity index (χ4n) is 2.78. The lowest BCUT2D eigenvalue weighted by atomic mass is 10.2. The molecule has 0 bridgehead atoms. The monoisotopic (exact) mass is 410 g/mol. The lowest BCUT2D eigenvalue weighted by Gasteiger charge is -2.13. The van der Waals surface area contributed by atoms with Gasteiger partial charge in [-0.25, -0.2) is 0 Å². The first kappa shape index (κ1) is 20.9. The molecule has 0 aliphatic heterocycles. The van der Waals surface area contributed by atoms with Gasteiger partial charge in [-0.05, 0) is 55.3 Å². The summed E-state index contributed by atoms with van der Waals surface area (Å²) in [7, 11) is 1.60. The fraction of sp³-hybridized carbons (Fsp3) is 0.318. The fourth-order valence-corrected chi connectivity index (χ4v) is 3.72. The summed E-state index contributed by atoms with van der Waals surface area (Å²) in [5, 5.41) is 13.0. The Balaban J connectivity index is 1.83. The highest BCUT2D eigenvalue weighted by molar-refractivity contribution is 7.99. The molecule has 29 heavy (non-hydrogen) atoms. The maximum absolute atomic E-state index is 12.5. The van der Waals surface area contributed by atoms with E-state index in [0.717, 1.165) is 22.8 Å². The molecule has 0 radical (unpaired) electrons. The van der Waals surface area contributed by atoms with Gasteiger partial charge in [0.25, 0.3) is 5.91 Å². The molecule has 0 fully saturated rings. The molecule has 7 heteroatoms. The van der Waals surface area contributed by atoms with Gasteiger partial charge in [0.15, 0.2) is 11.0 Å². The second-order valence-corrected chi connectivity index (χ2v) is 8.23. The highest BCUT2D eigenvalue weighted by atomic mass is 32.2. The second-order valence-electron chi connectivity index (χ2n) is 6.82. The van der Waals surface area contributed by atoms with Gasteiger partial charge >= 0.3 is 0 Å². The number of methoxy groups -OCH3 is 1. The summed E-state index contributed by atoms with van der Waals surface area (Å²) in [5.74, 6) is 1.25. The summed E-state index contributed by atoms with van der Waals surface area (Å²) in [6, 6.07) is 15.2. The van der Waals surface area contributed by atoms with Gasteiger partial charge < -0.3 is 10.1 Å². The molecule has 1 atom stereocenters. The number of hydrogen-bond donors (Lipinski definition) is 1. The van der Waals surface area contributed by atoms with Crippen molar-refractivity contribution in [2.45, 2.75) is 44.1 Å². The third kappa shape index (κ3) is 5.17. The zero-order valence-corrected chi connectivity index (χ0v) is 18.0. The van der Waals surface area contributed by atoms with Gasteiger partial charge in [-0.2, -0.15) is 0 Å². The Bertz CT molecular complexity index is 969. The molecule has 0 aliphatic rings. The third-order valence-corrected chi connectivity index (χ3v) is 5.81. The first-order valence-electron chi connectivity index (χ1n) is 9.62. The van der Waals surface area contributed by atoms with Crippen LogP contribution in [-0.4, -0.2) is 33.0 Å². The molecule has 0 saturated heterocycles. The molecule has 2 aromatic carbocycles. The predicted molar refractivity (Wildman–Crippen MR) is 116 cm³/mol.